The van der Waals surface area contributed by atoms with Crippen molar-refractivity contribution in [1.82, 2.24) is 4.98 Å². The van der Waals surface area contributed by atoms with Gasteiger partial charge in [0.05, 0.1) is 10.6 Å². The SMILES string of the molecule is CC(=O)c1sc(NC(=O)CCc2cccc(C)c2)nc1-c1ccccc1. The molecule has 4 nitrogen and oxygen atoms in total. The van der Waals surface area contributed by atoms with Crippen LogP contribution in [0, 0.1) is 6.92 Å². The largest absolute Gasteiger partial charge is 0.302 e. The summed E-state index contributed by atoms with van der Waals surface area (Å²) in [5, 5.41) is 3.29. The zero-order chi connectivity index (χ0) is 18.5. The Hall–Kier alpha value is -2.79. The molecule has 0 atom stereocenters. The molecule has 1 N–H and O–H groups in total. The maximum absolute atomic E-state index is 12.3. The van der Waals surface area contributed by atoms with Crippen LogP contribution in [0.3, 0.4) is 0 Å². The molecule has 0 aliphatic heterocycles. The van der Waals surface area contributed by atoms with Gasteiger partial charge in [-0.1, -0.05) is 71.5 Å². The zero-order valence-electron chi connectivity index (χ0n) is 14.8. The molecule has 0 saturated carbocycles. The van der Waals surface area contributed by atoms with Crippen molar-refractivity contribution in [3.8, 4) is 11.3 Å². The summed E-state index contributed by atoms with van der Waals surface area (Å²) >= 11 is 1.22. The number of hydrogen-bond donors (Lipinski definition) is 1. The number of rotatable bonds is 6. The molecular weight excluding hydrogens is 344 g/mol. The topological polar surface area (TPSA) is 59.1 Å². The number of anilines is 1. The lowest BCUT2D eigenvalue weighted by molar-refractivity contribution is -0.116. The number of aromatic nitrogens is 1. The van der Waals surface area contributed by atoms with Gasteiger partial charge in [-0.05, 0) is 18.9 Å². The van der Waals surface area contributed by atoms with E-state index in [1.54, 1.807) is 0 Å². The van der Waals surface area contributed by atoms with E-state index >= 15 is 0 Å². The Morgan fingerprint density at radius 1 is 1.08 bits per heavy atom. The van der Waals surface area contributed by atoms with Crippen molar-refractivity contribution >= 4 is 28.2 Å². The molecular formula is C21H20N2O2S. The van der Waals surface area contributed by atoms with E-state index in [9.17, 15) is 9.59 Å². The minimum atomic E-state index is -0.102. The number of carbonyl (C=O) groups is 2. The first-order chi connectivity index (χ1) is 12.5. The fourth-order valence-corrected chi connectivity index (χ4v) is 3.61. The van der Waals surface area contributed by atoms with Gasteiger partial charge < -0.3 is 5.32 Å². The summed E-state index contributed by atoms with van der Waals surface area (Å²) in [4.78, 5) is 29.2. The average molecular weight is 364 g/mol. The van der Waals surface area contributed by atoms with Crippen molar-refractivity contribution < 1.29 is 9.59 Å². The van der Waals surface area contributed by atoms with Crippen LogP contribution in [0.15, 0.2) is 54.6 Å². The lowest BCUT2D eigenvalue weighted by atomic mass is 10.1. The van der Waals surface area contributed by atoms with Crippen molar-refractivity contribution in [2.75, 3.05) is 5.32 Å². The van der Waals surface area contributed by atoms with Crippen molar-refractivity contribution in [1.29, 1.82) is 0 Å². The van der Waals surface area contributed by atoms with Gasteiger partial charge in [-0.3, -0.25) is 9.59 Å². The standard InChI is InChI=1S/C21H20N2O2S/c1-14-7-6-8-16(13-14)11-12-18(25)22-21-23-19(20(26-21)15(2)24)17-9-4-3-5-10-17/h3-10,13H,11-12H2,1-2H3,(H,22,23,25). The van der Waals surface area contributed by atoms with Crippen LogP contribution >= 0.6 is 11.3 Å². The predicted molar refractivity (Wildman–Crippen MR) is 106 cm³/mol. The molecule has 0 fully saturated rings. The van der Waals surface area contributed by atoms with Crippen molar-refractivity contribution in [2.24, 2.45) is 0 Å². The van der Waals surface area contributed by atoms with Gasteiger partial charge in [0.2, 0.25) is 5.91 Å². The molecule has 0 unspecified atom stereocenters. The smallest absolute Gasteiger partial charge is 0.226 e. The molecule has 1 amide bonds. The molecule has 0 aliphatic carbocycles. The highest BCUT2D eigenvalue weighted by Crippen LogP contribution is 2.31. The van der Waals surface area contributed by atoms with Crippen LogP contribution in [-0.2, 0) is 11.2 Å². The van der Waals surface area contributed by atoms with Gasteiger partial charge in [0.25, 0.3) is 0 Å². The van der Waals surface area contributed by atoms with E-state index in [1.165, 1.54) is 23.8 Å². The first-order valence-corrected chi connectivity index (χ1v) is 9.27. The normalized spacial score (nSPS) is 10.5. The van der Waals surface area contributed by atoms with Crippen LogP contribution in [0.1, 0.15) is 34.1 Å². The quantitative estimate of drug-likeness (QED) is 0.633. The van der Waals surface area contributed by atoms with Gasteiger partial charge in [-0.15, -0.1) is 0 Å². The van der Waals surface area contributed by atoms with Crippen molar-refractivity contribution in [3.05, 3.63) is 70.6 Å². The summed E-state index contributed by atoms with van der Waals surface area (Å²) in [6.45, 7) is 3.55. The third-order valence-electron chi connectivity index (χ3n) is 3.96. The van der Waals surface area contributed by atoms with Gasteiger partial charge in [-0.2, -0.15) is 0 Å². The third-order valence-corrected chi connectivity index (χ3v) is 5.04. The first kappa shape index (κ1) is 18.0. The second kappa shape index (κ2) is 8.06. The zero-order valence-corrected chi connectivity index (χ0v) is 15.6. The van der Waals surface area contributed by atoms with Crippen LogP contribution in [0.2, 0.25) is 0 Å². The van der Waals surface area contributed by atoms with Gasteiger partial charge in [-0.25, -0.2) is 4.98 Å². The second-order valence-corrected chi connectivity index (χ2v) is 7.16. The van der Waals surface area contributed by atoms with Crippen molar-refractivity contribution in [3.63, 3.8) is 0 Å². The van der Waals surface area contributed by atoms with Gasteiger partial charge >= 0.3 is 0 Å². The number of carbonyl (C=O) groups excluding carboxylic acids is 2. The molecule has 3 aromatic rings. The van der Waals surface area contributed by atoms with Crippen LogP contribution in [0.5, 0.6) is 0 Å². The maximum Gasteiger partial charge on any atom is 0.226 e. The number of nitrogens with zero attached hydrogens (tertiary/aromatic N) is 1. The number of Topliss-reactive ketones (excluding diaryl/α,β-unsaturated/α-hetero) is 1. The molecule has 26 heavy (non-hydrogen) atoms. The van der Waals surface area contributed by atoms with Crippen molar-refractivity contribution in [2.45, 2.75) is 26.7 Å². The monoisotopic (exact) mass is 364 g/mol. The van der Waals surface area contributed by atoms with E-state index in [0.29, 0.717) is 28.5 Å². The maximum atomic E-state index is 12.3. The predicted octanol–water partition coefficient (Wildman–Crippen LogP) is 4.89. The number of amides is 1. The highest BCUT2D eigenvalue weighted by atomic mass is 32.1. The van der Waals surface area contributed by atoms with Crippen LogP contribution < -0.4 is 5.32 Å². The molecule has 2 aromatic carbocycles. The number of benzene rings is 2. The molecule has 1 aromatic heterocycles. The Morgan fingerprint density at radius 3 is 2.54 bits per heavy atom. The average Bonchev–Trinajstić information content (AvgIpc) is 3.05. The number of hydrogen-bond acceptors (Lipinski definition) is 4. The van der Waals surface area contributed by atoms with E-state index in [4.69, 9.17) is 0 Å². The second-order valence-electron chi connectivity index (χ2n) is 6.16. The minimum Gasteiger partial charge on any atom is -0.302 e. The van der Waals surface area contributed by atoms with Crippen LogP contribution in [0.4, 0.5) is 5.13 Å². The molecule has 132 valence electrons. The highest BCUT2D eigenvalue weighted by Gasteiger charge is 2.17. The van der Waals surface area contributed by atoms with Gasteiger partial charge in [0, 0.05) is 18.9 Å². The van der Waals surface area contributed by atoms with Crippen LogP contribution in [-0.4, -0.2) is 16.7 Å². The number of aryl methyl sites for hydroxylation is 2. The molecule has 3 rings (SSSR count). The fraction of sp³-hybridized carbons (Fsp3) is 0.190. The van der Waals surface area contributed by atoms with Gasteiger partial charge in [0.1, 0.15) is 0 Å². The van der Waals surface area contributed by atoms with Gasteiger partial charge in [0.15, 0.2) is 10.9 Å². The minimum absolute atomic E-state index is 0.0541. The van der Waals surface area contributed by atoms with E-state index < -0.39 is 0 Å². The van der Waals surface area contributed by atoms with Crippen LogP contribution in [0.25, 0.3) is 11.3 Å². The van der Waals surface area contributed by atoms with E-state index in [1.807, 2.05) is 55.5 Å². The number of thiazole rings is 1. The molecule has 0 aliphatic rings. The Bertz CT molecular complexity index is 932. The Morgan fingerprint density at radius 2 is 1.85 bits per heavy atom. The Balaban J connectivity index is 1.71. The third kappa shape index (κ3) is 4.43. The van der Waals surface area contributed by atoms with E-state index in [0.717, 1.165) is 11.1 Å². The fourth-order valence-electron chi connectivity index (χ4n) is 2.71. The number of ketones is 1. The summed E-state index contributed by atoms with van der Waals surface area (Å²) in [5.74, 6) is -0.156. The molecule has 0 radical (unpaired) electrons. The summed E-state index contributed by atoms with van der Waals surface area (Å²) in [6.07, 6.45) is 1.04. The molecule has 0 bridgehead atoms. The summed E-state index contributed by atoms with van der Waals surface area (Å²) in [6, 6.07) is 17.7. The lowest BCUT2D eigenvalue weighted by Gasteiger charge is -2.03. The Kier molecular flexibility index (Phi) is 5.58. The van der Waals surface area contributed by atoms with E-state index in [-0.39, 0.29) is 11.7 Å². The molecule has 0 saturated heterocycles. The summed E-state index contributed by atoms with van der Waals surface area (Å²) in [5.41, 5.74) is 3.81. The summed E-state index contributed by atoms with van der Waals surface area (Å²) in [7, 11) is 0. The molecule has 5 heteroatoms. The Labute approximate surface area is 156 Å². The highest BCUT2D eigenvalue weighted by molar-refractivity contribution is 7.18. The van der Waals surface area contributed by atoms with E-state index in [2.05, 4.69) is 16.4 Å². The molecule has 0 spiro atoms. The lowest BCUT2D eigenvalue weighted by Crippen LogP contribution is -2.12. The summed E-state index contributed by atoms with van der Waals surface area (Å²) < 4.78 is 0. The molecule has 1 heterocycles. The number of nitrogens with one attached hydrogen (secondary N) is 1. The first-order valence-electron chi connectivity index (χ1n) is 8.45.